The lowest BCUT2D eigenvalue weighted by Crippen LogP contribution is -2.71. The quantitative estimate of drug-likeness (QED) is 0.439. The molecule has 4 nitrogen and oxygen atoms in total. The number of aromatic carboxylic acids is 2. The Balaban J connectivity index is 1.44. The average molecular weight is 511 g/mol. The second kappa shape index (κ2) is 7.73. The van der Waals surface area contributed by atoms with Crippen LogP contribution in [0.2, 0.25) is 0 Å². The predicted molar refractivity (Wildman–Crippen MR) is 144 cm³/mol. The Hall–Kier alpha value is -2.62. The molecule has 2 aromatic rings. The van der Waals surface area contributed by atoms with E-state index in [-0.39, 0.29) is 16.2 Å². The highest BCUT2D eigenvalue weighted by molar-refractivity contribution is 5.89. The van der Waals surface area contributed by atoms with Crippen molar-refractivity contribution in [2.75, 3.05) is 0 Å². The number of hydrogen-bond donors (Lipinski definition) is 2. The highest BCUT2D eigenvalue weighted by Crippen LogP contribution is 2.81. The molecule has 2 unspecified atom stereocenters. The topological polar surface area (TPSA) is 74.6 Å². The zero-order valence-corrected chi connectivity index (χ0v) is 22.1. The monoisotopic (exact) mass is 510 g/mol. The molecule has 8 aliphatic rings. The summed E-state index contributed by atoms with van der Waals surface area (Å²) in [5.74, 6) is 2.67. The van der Waals surface area contributed by atoms with Gasteiger partial charge < -0.3 is 10.2 Å². The first-order chi connectivity index (χ1) is 18.3. The van der Waals surface area contributed by atoms with Gasteiger partial charge in [-0.2, -0.15) is 0 Å². The van der Waals surface area contributed by atoms with Gasteiger partial charge in [0, 0.05) is 5.41 Å². The van der Waals surface area contributed by atoms with Crippen LogP contribution in [0.5, 0.6) is 0 Å². The van der Waals surface area contributed by atoms with Gasteiger partial charge in [-0.25, -0.2) is 9.59 Å². The summed E-state index contributed by atoms with van der Waals surface area (Å²) in [6.45, 7) is 0. The lowest BCUT2D eigenvalue weighted by Gasteiger charge is -2.77. The molecule has 0 aliphatic heterocycles. The Morgan fingerprint density at radius 2 is 1.03 bits per heavy atom. The molecule has 0 amide bonds. The van der Waals surface area contributed by atoms with E-state index in [2.05, 4.69) is 12.1 Å². The highest BCUT2D eigenvalue weighted by atomic mass is 16.4. The van der Waals surface area contributed by atoms with Crippen molar-refractivity contribution in [1.29, 1.82) is 0 Å². The Bertz CT molecular complexity index is 1230. The molecule has 0 heterocycles. The van der Waals surface area contributed by atoms with Crippen LogP contribution in [0.3, 0.4) is 0 Å². The molecule has 8 saturated carbocycles. The Morgan fingerprint density at radius 3 is 1.45 bits per heavy atom. The minimum atomic E-state index is -0.881. The van der Waals surface area contributed by atoms with Crippen LogP contribution in [0.15, 0.2) is 48.5 Å². The molecule has 0 spiro atoms. The summed E-state index contributed by atoms with van der Waals surface area (Å²) in [4.78, 5) is 24.5. The molecule has 2 atom stereocenters. The molecule has 0 aromatic heterocycles. The van der Waals surface area contributed by atoms with E-state index in [4.69, 9.17) is 0 Å². The van der Waals surface area contributed by atoms with Crippen LogP contribution in [-0.4, -0.2) is 22.2 Å². The van der Waals surface area contributed by atoms with E-state index in [1.807, 2.05) is 24.3 Å². The van der Waals surface area contributed by atoms with E-state index in [9.17, 15) is 19.8 Å². The van der Waals surface area contributed by atoms with Gasteiger partial charge in [-0.1, -0.05) is 24.3 Å². The third-order valence-corrected chi connectivity index (χ3v) is 12.7. The standard InChI is InChI=1S/C34H38O4/c35-30(36)25-3-1-5-27(13-25)34(28-6-2-4-26(14-28)31(37)38)29-11-23-10-24(12-29)19-33(34,18-23)32-15-20-7-21(16-32)9-22(8-20)17-32/h1-6,13-14,20-24,29H,7-12,15-19H2,(H,35,36)(H,37,38). The molecule has 2 aromatic carbocycles. The average Bonchev–Trinajstić information content (AvgIpc) is 2.88. The predicted octanol–water partition coefficient (Wildman–Crippen LogP) is 7.41. The van der Waals surface area contributed by atoms with Gasteiger partial charge in [0.25, 0.3) is 0 Å². The zero-order valence-electron chi connectivity index (χ0n) is 22.1. The highest BCUT2D eigenvalue weighted by Gasteiger charge is 2.74. The molecular formula is C34H38O4. The van der Waals surface area contributed by atoms with Gasteiger partial charge in [0.05, 0.1) is 11.1 Å². The largest absolute Gasteiger partial charge is 0.478 e. The maximum Gasteiger partial charge on any atom is 0.335 e. The summed E-state index contributed by atoms with van der Waals surface area (Å²) < 4.78 is 0. The van der Waals surface area contributed by atoms with Gasteiger partial charge in [-0.15, -0.1) is 0 Å². The molecule has 0 radical (unpaired) electrons. The number of carboxylic acids is 2. The Morgan fingerprint density at radius 1 is 0.605 bits per heavy atom. The van der Waals surface area contributed by atoms with Gasteiger partial charge in [0.2, 0.25) is 0 Å². The molecular weight excluding hydrogens is 472 g/mol. The molecule has 8 bridgehead atoms. The zero-order chi connectivity index (χ0) is 25.9. The number of benzene rings is 2. The van der Waals surface area contributed by atoms with Crippen molar-refractivity contribution >= 4 is 11.9 Å². The van der Waals surface area contributed by atoms with E-state index in [1.54, 1.807) is 12.1 Å². The molecule has 8 fully saturated rings. The maximum atomic E-state index is 12.2. The van der Waals surface area contributed by atoms with Crippen molar-refractivity contribution in [2.24, 2.45) is 46.3 Å². The van der Waals surface area contributed by atoms with E-state index < -0.39 is 11.9 Å². The fraction of sp³-hybridized carbons (Fsp3) is 0.588. The molecule has 0 saturated heterocycles. The fourth-order valence-electron chi connectivity index (χ4n) is 12.6. The number of rotatable bonds is 5. The van der Waals surface area contributed by atoms with Gasteiger partial charge in [-0.05, 0) is 152 Å². The van der Waals surface area contributed by atoms with Crippen LogP contribution >= 0.6 is 0 Å². The smallest absolute Gasteiger partial charge is 0.335 e. The van der Waals surface area contributed by atoms with Crippen molar-refractivity contribution in [3.63, 3.8) is 0 Å². The van der Waals surface area contributed by atoms with Crippen LogP contribution in [0, 0.1) is 46.3 Å². The van der Waals surface area contributed by atoms with Gasteiger partial charge in [0.15, 0.2) is 0 Å². The van der Waals surface area contributed by atoms with E-state index in [1.165, 1.54) is 70.6 Å². The third-order valence-electron chi connectivity index (χ3n) is 12.7. The summed E-state index contributed by atoms with van der Waals surface area (Å²) in [6, 6.07) is 15.7. The number of hydrogen-bond acceptors (Lipinski definition) is 2. The number of carboxylic acid groups (broad SMARTS) is 2. The summed E-state index contributed by atoms with van der Waals surface area (Å²) in [6.07, 6.45) is 14.3. The molecule has 8 aliphatic carbocycles. The minimum Gasteiger partial charge on any atom is -0.478 e. The maximum absolute atomic E-state index is 12.2. The van der Waals surface area contributed by atoms with Gasteiger partial charge in [0.1, 0.15) is 0 Å². The van der Waals surface area contributed by atoms with Gasteiger partial charge in [-0.3, -0.25) is 0 Å². The van der Waals surface area contributed by atoms with Crippen LogP contribution in [0.1, 0.15) is 102 Å². The van der Waals surface area contributed by atoms with Crippen LogP contribution in [-0.2, 0) is 5.41 Å². The van der Waals surface area contributed by atoms with Crippen molar-refractivity contribution in [1.82, 2.24) is 0 Å². The second-order valence-corrected chi connectivity index (χ2v) is 14.4. The first kappa shape index (κ1) is 23.3. The summed E-state index contributed by atoms with van der Waals surface area (Å²) in [5.41, 5.74) is 2.97. The normalized spacial score (nSPS) is 41.4. The first-order valence-electron chi connectivity index (χ1n) is 15.0. The Labute approximate surface area is 224 Å². The molecule has 38 heavy (non-hydrogen) atoms. The van der Waals surface area contributed by atoms with Crippen molar-refractivity contribution in [3.8, 4) is 0 Å². The van der Waals surface area contributed by atoms with Crippen molar-refractivity contribution in [2.45, 2.75) is 76.0 Å². The van der Waals surface area contributed by atoms with E-state index in [0.29, 0.717) is 17.0 Å². The van der Waals surface area contributed by atoms with Crippen LogP contribution in [0.25, 0.3) is 0 Å². The van der Waals surface area contributed by atoms with Crippen molar-refractivity contribution in [3.05, 3.63) is 70.8 Å². The Kier molecular flexibility index (Phi) is 4.74. The number of carbonyl (C=O) groups is 2. The summed E-state index contributed by atoms with van der Waals surface area (Å²) >= 11 is 0. The molecule has 4 heteroatoms. The van der Waals surface area contributed by atoms with Crippen molar-refractivity contribution < 1.29 is 19.8 Å². The first-order valence-corrected chi connectivity index (χ1v) is 15.0. The van der Waals surface area contributed by atoms with E-state index in [0.717, 1.165) is 40.7 Å². The summed E-state index contributed by atoms with van der Waals surface area (Å²) in [5, 5.41) is 20.1. The SMILES string of the molecule is O=C(O)c1cccc(C2(c3cccc(C(=O)O)c3)C3CC4CC(C3)CC2(C23CC5CC(CC(C5)C2)C3)C4)c1. The lowest BCUT2D eigenvalue weighted by molar-refractivity contribution is -0.234. The second-order valence-electron chi connectivity index (χ2n) is 14.4. The third kappa shape index (κ3) is 2.87. The minimum absolute atomic E-state index is 0.0546. The molecule has 10 rings (SSSR count). The molecule has 2 N–H and O–H groups in total. The lowest BCUT2D eigenvalue weighted by atomic mass is 9.27. The molecule has 198 valence electrons. The fourth-order valence-corrected chi connectivity index (χ4v) is 12.6. The summed E-state index contributed by atoms with van der Waals surface area (Å²) in [7, 11) is 0. The van der Waals surface area contributed by atoms with Gasteiger partial charge >= 0.3 is 11.9 Å². The van der Waals surface area contributed by atoms with Crippen LogP contribution < -0.4 is 0 Å². The van der Waals surface area contributed by atoms with E-state index >= 15 is 0 Å². The van der Waals surface area contributed by atoms with Crippen LogP contribution in [0.4, 0.5) is 0 Å².